The van der Waals surface area contributed by atoms with Crippen LogP contribution in [-0.2, 0) is 4.74 Å². The Bertz CT molecular complexity index is 497. The average molecular weight is 408 g/mol. The number of ether oxygens (including phenoxy) is 1. The van der Waals surface area contributed by atoms with Crippen LogP contribution in [0.3, 0.4) is 0 Å². The maximum absolute atomic E-state index is 5.62. The van der Waals surface area contributed by atoms with Gasteiger partial charge in [-0.25, -0.2) is 0 Å². The smallest absolute Gasteiger partial charge is 0.191 e. The van der Waals surface area contributed by atoms with Crippen molar-refractivity contribution in [2.24, 2.45) is 10.9 Å². The Hall–Kier alpha value is -0.850. The highest BCUT2D eigenvalue weighted by atomic mass is 16.5. The van der Waals surface area contributed by atoms with E-state index in [4.69, 9.17) is 9.73 Å². The summed E-state index contributed by atoms with van der Waals surface area (Å²) in [6, 6.07) is 0.652. The van der Waals surface area contributed by atoms with Crippen LogP contribution in [0.2, 0.25) is 0 Å². The highest BCUT2D eigenvalue weighted by Gasteiger charge is 2.38. The van der Waals surface area contributed by atoms with Crippen molar-refractivity contribution in [3.05, 3.63) is 0 Å². The fraction of sp³-hybridized carbons (Fsp3) is 0.957. The highest BCUT2D eigenvalue weighted by molar-refractivity contribution is 5.79. The van der Waals surface area contributed by atoms with Crippen LogP contribution in [0.25, 0.3) is 0 Å². The molecule has 6 heteroatoms. The zero-order valence-corrected chi connectivity index (χ0v) is 19.2. The summed E-state index contributed by atoms with van der Waals surface area (Å²) in [5.41, 5.74) is 0.240. The molecule has 2 N–H and O–H groups in total. The minimum absolute atomic E-state index is 0.240. The molecule has 3 aliphatic rings. The van der Waals surface area contributed by atoms with E-state index in [1.807, 2.05) is 0 Å². The van der Waals surface area contributed by atoms with Gasteiger partial charge in [-0.1, -0.05) is 19.3 Å². The lowest BCUT2D eigenvalue weighted by Gasteiger charge is -2.47. The predicted molar refractivity (Wildman–Crippen MR) is 122 cm³/mol. The van der Waals surface area contributed by atoms with Crippen molar-refractivity contribution in [2.45, 2.75) is 77.3 Å². The maximum Gasteiger partial charge on any atom is 0.191 e. The number of nitrogens with zero attached hydrogens (tertiary/aromatic N) is 3. The average Bonchev–Trinajstić information content (AvgIpc) is 2.77. The number of piperidine rings is 1. The Morgan fingerprint density at radius 3 is 2.52 bits per heavy atom. The number of likely N-dealkylation sites (tertiary alicyclic amines) is 1. The molecule has 0 amide bonds. The van der Waals surface area contributed by atoms with Gasteiger partial charge in [0.1, 0.15) is 0 Å². The van der Waals surface area contributed by atoms with Gasteiger partial charge in [0.25, 0.3) is 0 Å². The van der Waals surface area contributed by atoms with Gasteiger partial charge in [0.2, 0.25) is 0 Å². The number of aliphatic imine (C=N–C) groups is 1. The van der Waals surface area contributed by atoms with Crippen molar-refractivity contribution in [2.75, 3.05) is 59.0 Å². The molecule has 6 nitrogen and oxygen atoms in total. The van der Waals surface area contributed by atoms with Crippen LogP contribution in [0.15, 0.2) is 4.99 Å². The van der Waals surface area contributed by atoms with E-state index >= 15 is 0 Å². The number of guanidine groups is 1. The number of rotatable bonds is 7. The number of morpholine rings is 1. The van der Waals surface area contributed by atoms with Crippen LogP contribution in [0.4, 0.5) is 0 Å². The van der Waals surface area contributed by atoms with Crippen molar-refractivity contribution in [1.29, 1.82) is 0 Å². The topological polar surface area (TPSA) is 52.1 Å². The molecular formula is C23H45N5O. The fourth-order valence-electron chi connectivity index (χ4n) is 5.36. The Morgan fingerprint density at radius 2 is 1.83 bits per heavy atom. The molecule has 0 aromatic rings. The number of nitrogens with one attached hydrogen (secondary N) is 2. The second kappa shape index (κ2) is 11.5. The third-order valence-corrected chi connectivity index (χ3v) is 7.18. The van der Waals surface area contributed by atoms with E-state index in [2.05, 4.69) is 41.2 Å². The Balaban J connectivity index is 1.59. The third kappa shape index (κ3) is 6.56. The van der Waals surface area contributed by atoms with Crippen molar-refractivity contribution in [3.8, 4) is 0 Å². The van der Waals surface area contributed by atoms with Gasteiger partial charge in [0, 0.05) is 44.3 Å². The van der Waals surface area contributed by atoms with E-state index in [1.54, 1.807) is 0 Å². The second-order valence-corrected chi connectivity index (χ2v) is 9.56. The van der Waals surface area contributed by atoms with Crippen molar-refractivity contribution in [1.82, 2.24) is 20.4 Å². The van der Waals surface area contributed by atoms with E-state index < -0.39 is 0 Å². The highest BCUT2D eigenvalue weighted by Crippen LogP contribution is 2.34. The lowest BCUT2D eigenvalue weighted by atomic mass is 9.80. The van der Waals surface area contributed by atoms with Crippen LogP contribution < -0.4 is 10.6 Å². The monoisotopic (exact) mass is 407 g/mol. The zero-order valence-electron chi connectivity index (χ0n) is 19.2. The van der Waals surface area contributed by atoms with Gasteiger partial charge >= 0.3 is 0 Å². The first-order valence-electron chi connectivity index (χ1n) is 12.2. The molecule has 0 aromatic carbocycles. The molecule has 0 aromatic heterocycles. The Labute approximate surface area is 178 Å². The van der Waals surface area contributed by atoms with Crippen molar-refractivity contribution < 1.29 is 4.74 Å². The van der Waals surface area contributed by atoms with Gasteiger partial charge < -0.3 is 20.3 Å². The summed E-state index contributed by atoms with van der Waals surface area (Å²) in [4.78, 5) is 10.4. The molecule has 2 aliphatic heterocycles. The van der Waals surface area contributed by atoms with E-state index in [-0.39, 0.29) is 5.54 Å². The molecule has 2 saturated heterocycles. The molecular weight excluding hydrogens is 362 g/mol. The first-order chi connectivity index (χ1) is 14.1. The summed E-state index contributed by atoms with van der Waals surface area (Å²) in [5, 5.41) is 7.18. The molecule has 29 heavy (non-hydrogen) atoms. The summed E-state index contributed by atoms with van der Waals surface area (Å²) in [6.45, 7) is 16.0. The molecule has 0 radical (unpaired) electrons. The lowest BCUT2D eigenvalue weighted by molar-refractivity contribution is -0.0333. The van der Waals surface area contributed by atoms with Gasteiger partial charge in [-0.05, 0) is 58.9 Å². The quantitative estimate of drug-likeness (QED) is 0.502. The molecule has 3 rings (SSSR count). The molecule has 168 valence electrons. The van der Waals surface area contributed by atoms with Crippen molar-refractivity contribution in [3.63, 3.8) is 0 Å². The summed E-state index contributed by atoms with van der Waals surface area (Å²) < 4.78 is 5.62. The minimum Gasteiger partial charge on any atom is -0.379 e. The molecule has 1 atom stereocenters. The first-order valence-corrected chi connectivity index (χ1v) is 12.2. The molecule has 2 heterocycles. The first kappa shape index (κ1) is 22.8. The Morgan fingerprint density at radius 1 is 1.07 bits per heavy atom. The summed E-state index contributed by atoms with van der Waals surface area (Å²) in [6.07, 6.45) is 9.26. The summed E-state index contributed by atoms with van der Waals surface area (Å²) in [7, 11) is 0. The molecule has 1 aliphatic carbocycles. The predicted octanol–water partition coefficient (Wildman–Crippen LogP) is 2.70. The Kier molecular flexibility index (Phi) is 9.07. The van der Waals surface area contributed by atoms with Gasteiger partial charge in [-0.15, -0.1) is 0 Å². The van der Waals surface area contributed by atoms with Crippen LogP contribution in [0, 0.1) is 5.92 Å². The van der Waals surface area contributed by atoms with Crippen LogP contribution in [0.1, 0.15) is 65.7 Å². The van der Waals surface area contributed by atoms with Gasteiger partial charge in [0.05, 0.1) is 19.8 Å². The zero-order chi connectivity index (χ0) is 20.5. The largest absolute Gasteiger partial charge is 0.379 e. The normalized spacial score (nSPS) is 27.2. The third-order valence-electron chi connectivity index (χ3n) is 7.18. The van der Waals surface area contributed by atoms with Gasteiger partial charge in [0.15, 0.2) is 5.96 Å². The number of hydrogen-bond donors (Lipinski definition) is 2. The van der Waals surface area contributed by atoms with E-state index in [0.717, 1.165) is 57.8 Å². The molecule has 1 saturated carbocycles. The van der Waals surface area contributed by atoms with Crippen LogP contribution >= 0.6 is 0 Å². The van der Waals surface area contributed by atoms with E-state index in [1.165, 1.54) is 58.0 Å². The lowest BCUT2D eigenvalue weighted by Crippen LogP contribution is -2.56. The van der Waals surface area contributed by atoms with Gasteiger partial charge in [-0.2, -0.15) is 0 Å². The minimum atomic E-state index is 0.240. The second-order valence-electron chi connectivity index (χ2n) is 9.56. The maximum atomic E-state index is 5.62. The standard InChI is InChI=1S/C23H45N5O/c1-4-24-22(25-17-21-9-8-12-27(18-21)20(2)3)26-19-23(10-6-5-7-11-23)28-13-15-29-16-14-28/h20-21H,4-19H2,1-3H3,(H2,24,25,26). The summed E-state index contributed by atoms with van der Waals surface area (Å²) in [5.74, 6) is 1.73. The summed E-state index contributed by atoms with van der Waals surface area (Å²) >= 11 is 0. The molecule has 3 fully saturated rings. The molecule has 0 bridgehead atoms. The van der Waals surface area contributed by atoms with Crippen LogP contribution in [-0.4, -0.2) is 86.4 Å². The molecule has 0 spiro atoms. The number of hydrogen-bond acceptors (Lipinski definition) is 4. The molecule has 1 unspecified atom stereocenters. The van der Waals surface area contributed by atoms with E-state index in [0.29, 0.717) is 6.04 Å². The fourth-order valence-corrected chi connectivity index (χ4v) is 5.36. The van der Waals surface area contributed by atoms with Gasteiger partial charge in [-0.3, -0.25) is 9.89 Å². The van der Waals surface area contributed by atoms with Crippen molar-refractivity contribution >= 4 is 5.96 Å². The van der Waals surface area contributed by atoms with E-state index in [9.17, 15) is 0 Å². The van der Waals surface area contributed by atoms with Crippen LogP contribution in [0.5, 0.6) is 0 Å². The SMILES string of the molecule is CCNC(=NCC1(N2CCOCC2)CCCCC1)NCC1CCCN(C(C)C)C1.